The number of thiol groups is 1. The Morgan fingerprint density at radius 3 is 2.70 bits per heavy atom. The summed E-state index contributed by atoms with van der Waals surface area (Å²) in [5.41, 5.74) is 3.60. The van der Waals surface area contributed by atoms with E-state index in [9.17, 15) is 8.42 Å². The molecule has 0 saturated carbocycles. The van der Waals surface area contributed by atoms with E-state index in [4.69, 9.17) is 11.6 Å². The van der Waals surface area contributed by atoms with Crippen LogP contribution in [0.4, 0.5) is 0 Å². The maximum Gasteiger partial charge on any atom is 0.201 e. The van der Waals surface area contributed by atoms with Gasteiger partial charge >= 0.3 is 0 Å². The molecule has 1 aromatic heterocycles. The third-order valence-electron chi connectivity index (χ3n) is 3.64. The van der Waals surface area contributed by atoms with E-state index in [-0.39, 0.29) is 6.04 Å². The fourth-order valence-corrected chi connectivity index (χ4v) is 3.33. The predicted molar refractivity (Wildman–Crippen MR) is 93.2 cm³/mol. The van der Waals surface area contributed by atoms with Crippen molar-refractivity contribution in [1.82, 2.24) is 14.9 Å². The largest absolute Gasteiger partial charge is 0.277 e. The molecule has 3 rings (SSSR count). The number of nitrogens with one attached hydrogen (secondary N) is 2. The van der Waals surface area contributed by atoms with Crippen molar-refractivity contribution < 1.29 is 8.42 Å². The van der Waals surface area contributed by atoms with Crippen molar-refractivity contribution in [3.8, 4) is 11.1 Å². The number of nitrogens with zero attached hydrogens (tertiary/aromatic N) is 1. The maximum atomic E-state index is 10.8. The highest BCUT2D eigenvalue weighted by atomic mass is 35.5. The Kier molecular flexibility index (Phi) is 4.66. The van der Waals surface area contributed by atoms with Gasteiger partial charge < -0.3 is 0 Å². The second-order valence-electron chi connectivity index (χ2n) is 5.41. The molecule has 0 spiro atoms. The zero-order valence-electron chi connectivity index (χ0n) is 12.4. The molecule has 0 bridgehead atoms. The van der Waals surface area contributed by atoms with Crippen LogP contribution in [0.5, 0.6) is 0 Å². The van der Waals surface area contributed by atoms with Gasteiger partial charge in [-0.15, -0.1) is 0 Å². The monoisotopic (exact) mass is 349 g/mol. The minimum Gasteiger partial charge on any atom is -0.277 e. The summed E-state index contributed by atoms with van der Waals surface area (Å²) in [5, 5.41) is 8.84. The molecule has 0 aliphatic rings. The van der Waals surface area contributed by atoms with Gasteiger partial charge in [-0.05, 0) is 24.6 Å². The normalized spacial score (nSPS) is 12.8. The summed E-state index contributed by atoms with van der Waals surface area (Å²) in [6, 6.07) is 13.5. The number of H-pyrrole nitrogens is 1. The van der Waals surface area contributed by atoms with E-state index in [0.717, 1.165) is 27.7 Å². The molecule has 2 N–H and O–H groups in total. The summed E-state index contributed by atoms with van der Waals surface area (Å²) in [6.45, 7) is 1.81. The van der Waals surface area contributed by atoms with E-state index in [1.165, 1.54) is 0 Å². The van der Waals surface area contributed by atoms with Crippen molar-refractivity contribution in [2.45, 2.75) is 19.4 Å². The van der Waals surface area contributed by atoms with Gasteiger partial charge in [-0.25, -0.2) is 13.1 Å². The fourth-order valence-electron chi connectivity index (χ4n) is 2.60. The molecule has 0 saturated heterocycles. The Hall–Kier alpha value is -1.89. The first-order chi connectivity index (χ1) is 11.0. The van der Waals surface area contributed by atoms with Crippen LogP contribution in [0.25, 0.3) is 22.0 Å². The van der Waals surface area contributed by atoms with Gasteiger partial charge in [-0.1, -0.05) is 41.9 Å². The van der Waals surface area contributed by atoms with Gasteiger partial charge in [0.05, 0.1) is 16.2 Å². The Balaban J connectivity index is 2.02. The highest BCUT2D eigenvalue weighted by Crippen LogP contribution is 2.32. The lowest BCUT2D eigenvalue weighted by Gasteiger charge is -2.08. The zero-order chi connectivity index (χ0) is 16.4. The first-order valence-corrected chi connectivity index (χ1v) is 8.72. The quantitative estimate of drug-likeness (QED) is 0.620. The Bertz CT molecular complexity index is 898. The maximum absolute atomic E-state index is 10.8. The van der Waals surface area contributed by atoms with E-state index in [1.54, 1.807) is 6.92 Å². The minimum atomic E-state index is -2.62. The highest BCUT2D eigenvalue weighted by Gasteiger charge is 2.13. The van der Waals surface area contributed by atoms with E-state index in [1.807, 2.05) is 42.5 Å². The summed E-state index contributed by atoms with van der Waals surface area (Å²) < 4.78 is 24.0. The second kappa shape index (κ2) is 6.70. The van der Waals surface area contributed by atoms with Crippen LogP contribution in [0.1, 0.15) is 12.6 Å². The third-order valence-corrected chi connectivity index (χ3v) is 4.60. The first-order valence-electron chi connectivity index (χ1n) is 7.17. The van der Waals surface area contributed by atoms with E-state index in [0.29, 0.717) is 11.4 Å². The Labute approximate surface area is 140 Å². The molecule has 2 aromatic carbocycles. The molecule has 23 heavy (non-hydrogen) atoms. The number of aromatic nitrogens is 2. The van der Waals surface area contributed by atoms with Crippen LogP contribution < -0.4 is 4.72 Å². The van der Waals surface area contributed by atoms with Crippen LogP contribution in [-0.4, -0.2) is 24.7 Å². The van der Waals surface area contributed by atoms with Crippen LogP contribution >= 0.6 is 11.6 Å². The number of hydrogen-bond acceptors (Lipinski definition) is 3. The molecular formula is C16H16ClN3O2S. The average Bonchev–Trinajstić information content (AvgIpc) is 2.88. The first kappa shape index (κ1) is 16.0. The van der Waals surface area contributed by atoms with Crippen molar-refractivity contribution in [3.05, 3.63) is 53.2 Å². The molecule has 0 fully saturated rings. The van der Waals surface area contributed by atoms with Crippen molar-refractivity contribution >= 4 is 33.4 Å². The van der Waals surface area contributed by atoms with E-state index in [2.05, 4.69) is 14.9 Å². The number of aromatic amines is 1. The zero-order valence-corrected chi connectivity index (χ0v) is 14.1. The van der Waals surface area contributed by atoms with Gasteiger partial charge in [-0.2, -0.15) is 5.10 Å². The third kappa shape index (κ3) is 3.55. The van der Waals surface area contributed by atoms with Crippen molar-refractivity contribution in [2.24, 2.45) is 0 Å². The van der Waals surface area contributed by atoms with Gasteiger partial charge in [0.2, 0.25) is 10.9 Å². The molecule has 0 aliphatic heterocycles. The second-order valence-corrected chi connectivity index (χ2v) is 6.58. The molecule has 7 heteroatoms. The lowest BCUT2D eigenvalue weighted by atomic mass is 10.0. The SMILES string of the molecule is CC(Cc1n[nH]c2cc(Cl)c(-c3ccccc3)cc12)N[SH](=O)=O. The van der Waals surface area contributed by atoms with Crippen molar-refractivity contribution in [1.29, 1.82) is 0 Å². The molecule has 120 valence electrons. The predicted octanol–water partition coefficient (Wildman–Crippen LogP) is 2.93. The summed E-state index contributed by atoms with van der Waals surface area (Å²) >= 11 is 6.38. The van der Waals surface area contributed by atoms with Crippen LogP contribution in [0.2, 0.25) is 5.02 Å². The van der Waals surface area contributed by atoms with Crippen LogP contribution in [0.15, 0.2) is 42.5 Å². The van der Waals surface area contributed by atoms with Gasteiger partial charge in [0.25, 0.3) is 0 Å². The average molecular weight is 350 g/mol. The van der Waals surface area contributed by atoms with Crippen LogP contribution in [0, 0.1) is 0 Å². The van der Waals surface area contributed by atoms with Crippen LogP contribution in [-0.2, 0) is 17.3 Å². The number of fused-ring (bicyclic) bond motifs is 1. The topological polar surface area (TPSA) is 74.8 Å². The van der Waals surface area contributed by atoms with E-state index < -0.39 is 10.9 Å². The van der Waals surface area contributed by atoms with Gasteiger partial charge in [0, 0.05) is 23.4 Å². The summed E-state index contributed by atoms with van der Waals surface area (Å²) in [7, 11) is -2.62. The fraction of sp³-hybridized carbons (Fsp3) is 0.188. The molecule has 1 atom stereocenters. The molecule has 0 radical (unpaired) electrons. The summed E-state index contributed by atoms with van der Waals surface area (Å²) in [6.07, 6.45) is 0.499. The minimum absolute atomic E-state index is 0.224. The smallest absolute Gasteiger partial charge is 0.201 e. The van der Waals surface area contributed by atoms with Gasteiger partial charge in [-0.3, -0.25) is 5.10 Å². The molecule has 1 unspecified atom stereocenters. The molecule has 1 heterocycles. The molecule has 3 aromatic rings. The lowest BCUT2D eigenvalue weighted by Crippen LogP contribution is -2.26. The lowest BCUT2D eigenvalue weighted by molar-refractivity contribution is 0.577. The molecule has 5 nitrogen and oxygen atoms in total. The number of hydrogen-bond donors (Lipinski definition) is 3. The number of halogens is 1. The standard InChI is InChI=1S/C16H16ClN3O2S/c1-10(20-23(21)22)7-15-13-8-12(11-5-3-2-4-6-11)14(17)9-16(13)19-18-15/h2-6,8-10,23H,7H2,1H3,(H,18,19)(H,20,21,22). The van der Waals surface area contributed by atoms with Crippen molar-refractivity contribution in [3.63, 3.8) is 0 Å². The molecular weight excluding hydrogens is 334 g/mol. The Morgan fingerprint density at radius 2 is 2.00 bits per heavy atom. The molecule has 0 aliphatic carbocycles. The van der Waals surface area contributed by atoms with Crippen LogP contribution in [0.3, 0.4) is 0 Å². The highest BCUT2D eigenvalue weighted by molar-refractivity contribution is 7.70. The number of rotatable bonds is 5. The Morgan fingerprint density at radius 1 is 1.26 bits per heavy atom. The van der Waals surface area contributed by atoms with Gasteiger partial charge in [0.1, 0.15) is 0 Å². The summed E-state index contributed by atoms with van der Waals surface area (Å²) in [5.74, 6) is 0. The van der Waals surface area contributed by atoms with Crippen molar-refractivity contribution in [2.75, 3.05) is 0 Å². The van der Waals surface area contributed by atoms with Gasteiger partial charge in [0.15, 0.2) is 0 Å². The van der Waals surface area contributed by atoms with E-state index >= 15 is 0 Å². The summed E-state index contributed by atoms with van der Waals surface area (Å²) in [4.78, 5) is 0. The number of benzene rings is 2. The molecule has 0 amide bonds.